The second-order valence-electron chi connectivity index (χ2n) is 6.18. The highest BCUT2D eigenvalue weighted by atomic mass is 35.5. The lowest BCUT2D eigenvalue weighted by Crippen LogP contribution is -2.47. The van der Waals surface area contributed by atoms with Crippen LogP contribution in [0.1, 0.15) is 38.5 Å². The van der Waals surface area contributed by atoms with Gasteiger partial charge in [0.15, 0.2) is 11.6 Å². The van der Waals surface area contributed by atoms with Crippen LogP contribution in [0.2, 0.25) is 5.28 Å². The summed E-state index contributed by atoms with van der Waals surface area (Å²) in [6.45, 7) is 1.68. The Morgan fingerprint density at radius 3 is 2.78 bits per heavy atom. The van der Waals surface area contributed by atoms with Gasteiger partial charge in [0.1, 0.15) is 0 Å². The predicted octanol–water partition coefficient (Wildman–Crippen LogP) is 2.80. The van der Waals surface area contributed by atoms with Crippen molar-refractivity contribution >= 4 is 23.4 Å². The van der Waals surface area contributed by atoms with E-state index in [0.717, 1.165) is 57.8 Å². The van der Waals surface area contributed by atoms with Crippen LogP contribution in [0.25, 0.3) is 0 Å². The molecule has 23 heavy (non-hydrogen) atoms. The third-order valence-electron chi connectivity index (χ3n) is 4.45. The zero-order valence-electron chi connectivity index (χ0n) is 12.9. The Labute approximate surface area is 139 Å². The summed E-state index contributed by atoms with van der Waals surface area (Å²) in [5.74, 6) is -0.390. The molecule has 3 rings (SSSR count). The highest BCUT2D eigenvalue weighted by Crippen LogP contribution is 2.23. The lowest BCUT2D eigenvalue weighted by atomic mass is 9.91. The molecule has 8 heteroatoms. The number of hydrogen-bond acceptors (Lipinski definition) is 4. The van der Waals surface area contributed by atoms with Crippen molar-refractivity contribution in [3.8, 4) is 0 Å². The first-order valence-corrected chi connectivity index (χ1v) is 8.49. The predicted molar refractivity (Wildman–Crippen MR) is 86.0 cm³/mol. The number of halogens is 2. The average Bonchev–Trinajstić information content (AvgIpc) is 3.06. The van der Waals surface area contributed by atoms with Crippen LogP contribution < -0.4 is 10.6 Å². The highest BCUT2D eigenvalue weighted by Gasteiger charge is 2.26. The van der Waals surface area contributed by atoms with E-state index in [0.29, 0.717) is 0 Å². The van der Waals surface area contributed by atoms with E-state index in [-0.39, 0.29) is 29.2 Å². The molecule has 1 saturated carbocycles. The van der Waals surface area contributed by atoms with Gasteiger partial charge in [0.05, 0.1) is 6.20 Å². The topological polar surface area (TPSA) is 70.1 Å². The van der Waals surface area contributed by atoms with Gasteiger partial charge in [-0.2, -0.15) is 4.98 Å². The fourth-order valence-electron chi connectivity index (χ4n) is 3.28. The van der Waals surface area contributed by atoms with Crippen LogP contribution in [0.4, 0.5) is 15.0 Å². The molecule has 1 aliphatic carbocycles. The summed E-state index contributed by atoms with van der Waals surface area (Å²) in [5, 5.41) is 6.20. The molecule has 0 spiro atoms. The number of carbonyl (C=O) groups excluding carboxylic acids is 1. The Kier molecular flexibility index (Phi) is 5.15. The normalized spacial score (nSPS) is 24.5. The molecule has 1 aromatic heterocycles. The number of carbonyl (C=O) groups is 1. The number of likely N-dealkylation sites (tertiary alicyclic amines) is 1. The van der Waals surface area contributed by atoms with Crippen LogP contribution in [0.15, 0.2) is 6.20 Å². The molecule has 2 amide bonds. The molecule has 1 aliphatic heterocycles. The van der Waals surface area contributed by atoms with Gasteiger partial charge >= 0.3 is 6.03 Å². The van der Waals surface area contributed by atoms with Gasteiger partial charge < -0.3 is 15.5 Å². The molecular weight excluding hydrogens is 321 g/mol. The molecule has 6 nitrogen and oxygen atoms in total. The van der Waals surface area contributed by atoms with E-state index in [1.54, 1.807) is 0 Å². The number of anilines is 1. The number of amides is 2. The standard InChI is InChI=1S/C15H21ClFN5O/c16-14-18-9-12(17)13(21-14)19-10-4-3-5-11(8-10)20-15(23)22-6-1-2-7-22/h9-11H,1-8H2,(H,20,23)(H,18,19,21). The van der Waals surface area contributed by atoms with Gasteiger partial charge in [0, 0.05) is 25.2 Å². The van der Waals surface area contributed by atoms with E-state index in [9.17, 15) is 9.18 Å². The number of rotatable bonds is 3. The van der Waals surface area contributed by atoms with Gasteiger partial charge in [-0.15, -0.1) is 0 Å². The zero-order chi connectivity index (χ0) is 16.2. The highest BCUT2D eigenvalue weighted by molar-refractivity contribution is 6.28. The Bertz CT molecular complexity index is 567. The van der Waals surface area contributed by atoms with Crippen molar-refractivity contribution in [2.24, 2.45) is 0 Å². The maximum Gasteiger partial charge on any atom is 0.317 e. The largest absolute Gasteiger partial charge is 0.365 e. The summed E-state index contributed by atoms with van der Waals surface area (Å²) in [7, 11) is 0. The fourth-order valence-corrected chi connectivity index (χ4v) is 3.41. The zero-order valence-corrected chi connectivity index (χ0v) is 13.7. The van der Waals surface area contributed by atoms with Crippen molar-refractivity contribution in [1.82, 2.24) is 20.2 Å². The van der Waals surface area contributed by atoms with Crippen LogP contribution in [0, 0.1) is 5.82 Å². The lowest BCUT2D eigenvalue weighted by molar-refractivity contribution is 0.199. The number of urea groups is 1. The molecule has 1 aromatic rings. The van der Waals surface area contributed by atoms with Gasteiger partial charge in [0.25, 0.3) is 0 Å². The summed E-state index contributed by atoms with van der Waals surface area (Å²) in [6.07, 6.45) is 6.81. The summed E-state index contributed by atoms with van der Waals surface area (Å²) < 4.78 is 13.7. The second kappa shape index (κ2) is 7.29. The number of nitrogens with one attached hydrogen (secondary N) is 2. The average molecular weight is 342 g/mol. The Morgan fingerprint density at radius 1 is 1.26 bits per heavy atom. The van der Waals surface area contributed by atoms with Crippen LogP contribution in [0.5, 0.6) is 0 Å². The molecule has 1 saturated heterocycles. The first-order valence-electron chi connectivity index (χ1n) is 8.12. The molecule has 126 valence electrons. The fraction of sp³-hybridized carbons (Fsp3) is 0.667. The van der Waals surface area contributed by atoms with E-state index in [1.807, 2.05) is 4.90 Å². The summed E-state index contributed by atoms with van der Waals surface area (Å²) in [4.78, 5) is 21.5. The molecule has 2 unspecified atom stereocenters. The van der Waals surface area contributed by atoms with Gasteiger partial charge in [-0.05, 0) is 50.1 Å². The number of hydrogen-bond donors (Lipinski definition) is 2. The molecule has 0 bridgehead atoms. The van der Waals surface area contributed by atoms with Crippen molar-refractivity contribution in [3.05, 3.63) is 17.3 Å². The molecule has 0 aromatic carbocycles. The van der Waals surface area contributed by atoms with Crippen LogP contribution in [-0.4, -0.2) is 46.1 Å². The summed E-state index contributed by atoms with van der Waals surface area (Å²) in [6, 6.07) is 0.187. The summed E-state index contributed by atoms with van der Waals surface area (Å²) in [5.41, 5.74) is 0. The van der Waals surface area contributed by atoms with Crippen LogP contribution in [0.3, 0.4) is 0 Å². The monoisotopic (exact) mass is 341 g/mol. The minimum atomic E-state index is -0.516. The minimum Gasteiger partial charge on any atom is -0.365 e. The van der Waals surface area contributed by atoms with Crippen LogP contribution >= 0.6 is 11.6 Å². The van der Waals surface area contributed by atoms with Gasteiger partial charge in [-0.1, -0.05) is 0 Å². The first kappa shape index (κ1) is 16.2. The SMILES string of the molecule is O=C(NC1CCCC(Nc2nc(Cl)ncc2F)C1)N1CCCC1. The van der Waals surface area contributed by atoms with E-state index < -0.39 is 5.82 Å². The second-order valence-corrected chi connectivity index (χ2v) is 6.52. The Balaban J connectivity index is 1.55. The van der Waals surface area contributed by atoms with Gasteiger partial charge in [0.2, 0.25) is 5.28 Å². The number of nitrogens with zero attached hydrogens (tertiary/aromatic N) is 3. The van der Waals surface area contributed by atoms with E-state index in [4.69, 9.17) is 11.6 Å². The lowest BCUT2D eigenvalue weighted by Gasteiger charge is -2.31. The number of aromatic nitrogens is 2. The smallest absolute Gasteiger partial charge is 0.317 e. The van der Waals surface area contributed by atoms with Gasteiger partial charge in [-0.3, -0.25) is 0 Å². The molecule has 2 atom stereocenters. The van der Waals surface area contributed by atoms with E-state index in [2.05, 4.69) is 20.6 Å². The van der Waals surface area contributed by atoms with Crippen molar-refractivity contribution in [1.29, 1.82) is 0 Å². The Hall–Kier alpha value is -1.63. The third-order valence-corrected chi connectivity index (χ3v) is 4.63. The quantitative estimate of drug-likeness (QED) is 0.829. The molecule has 2 N–H and O–H groups in total. The molecule has 2 heterocycles. The molecule has 0 radical (unpaired) electrons. The minimum absolute atomic E-state index is 0.0172. The van der Waals surface area contributed by atoms with Gasteiger partial charge in [-0.25, -0.2) is 14.2 Å². The molecular formula is C15H21ClFN5O. The maximum absolute atomic E-state index is 13.7. The van der Waals surface area contributed by atoms with Crippen molar-refractivity contribution in [2.45, 2.75) is 50.6 Å². The Morgan fingerprint density at radius 2 is 2.00 bits per heavy atom. The maximum atomic E-state index is 13.7. The van der Waals surface area contributed by atoms with E-state index in [1.165, 1.54) is 0 Å². The third kappa shape index (κ3) is 4.22. The van der Waals surface area contributed by atoms with Crippen molar-refractivity contribution < 1.29 is 9.18 Å². The van der Waals surface area contributed by atoms with Crippen LogP contribution in [-0.2, 0) is 0 Å². The molecule has 2 aliphatic rings. The molecule has 2 fully saturated rings. The van der Waals surface area contributed by atoms with E-state index >= 15 is 0 Å². The van der Waals surface area contributed by atoms with Crippen molar-refractivity contribution in [3.63, 3.8) is 0 Å². The van der Waals surface area contributed by atoms with Crippen molar-refractivity contribution in [2.75, 3.05) is 18.4 Å². The summed E-state index contributed by atoms with van der Waals surface area (Å²) >= 11 is 5.71. The first-order chi connectivity index (χ1) is 11.1.